The number of alkyl halides is 1. The molecule has 0 aliphatic heterocycles. The van der Waals surface area contributed by atoms with Gasteiger partial charge in [0.05, 0.1) is 13.5 Å². The summed E-state index contributed by atoms with van der Waals surface area (Å²) in [5.74, 6) is -2.50. The summed E-state index contributed by atoms with van der Waals surface area (Å²) < 4.78 is 21.9. The van der Waals surface area contributed by atoms with Crippen LogP contribution in [0.15, 0.2) is 0 Å². The molecular weight excluding hydrogens is 311 g/mol. The molecule has 0 heterocycles. The third kappa shape index (κ3) is 8.74. The number of halogens is 1. The Bertz CT molecular complexity index is 461. The van der Waals surface area contributed by atoms with Crippen molar-refractivity contribution >= 4 is 23.8 Å². The van der Waals surface area contributed by atoms with Crippen molar-refractivity contribution in [3.63, 3.8) is 0 Å². The Morgan fingerprint density at radius 2 is 1.70 bits per heavy atom. The van der Waals surface area contributed by atoms with Gasteiger partial charge >= 0.3 is 12.1 Å². The second-order valence-electron chi connectivity index (χ2n) is 5.81. The molecule has 2 unspecified atom stereocenters. The average molecular weight is 334 g/mol. The fourth-order valence-corrected chi connectivity index (χ4v) is 1.44. The quantitative estimate of drug-likeness (QED) is 0.655. The van der Waals surface area contributed by atoms with Crippen molar-refractivity contribution in [2.24, 2.45) is 0 Å². The van der Waals surface area contributed by atoms with Gasteiger partial charge in [0.2, 0.25) is 5.91 Å². The lowest BCUT2D eigenvalue weighted by Gasteiger charge is -2.22. The molecule has 0 aliphatic carbocycles. The highest BCUT2D eigenvalue weighted by atomic mass is 19.1. The van der Waals surface area contributed by atoms with Gasteiger partial charge in [-0.05, 0) is 27.7 Å². The molecule has 0 radical (unpaired) electrons. The number of methoxy groups -OCH3 is 1. The Balaban J connectivity index is 4.69. The predicted octanol–water partition coefficient (Wildman–Crippen LogP) is 0.486. The first-order chi connectivity index (χ1) is 10.5. The van der Waals surface area contributed by atoms with Gasteiger partial charge in [-0.15, -0.1) is 0 Å². The molecule has 9 heteroatoms. The summed E-state index contributed by atoms with van der Waals surface area (Å²) in [4.78, 5) is 46.1. The standard InChI is InChI=1S/C14H23FN2O6/c1-8(16-13(21)23-14(2,3)4)12(20)17-9(10(18)7-15)6-11(19)22-5/h8-9H,6-7H2,1-5H3,(H,16,21)(H,17,20). The molecular formula is C14H23FN2O6. The van der Waals surface area contributed by atoms with Crippen molar-refractivity contribution < 1.29 is 33.0 Å². The second-order valence-corrected chi connectivity index (χ2v) is 5.81. The number of rotatable bonds is 7. The maximum absolute atomic E-state index is 12.5. The molecule has 0 rings (SSSR count). The molecule has 0 aromatic rings. The number of amides is 2. The van der Waals surface area contributed by atoms with Crippen LogP contribution < -0.4 is 10.6 Å². The first-order valence-corrected chi connectivity index (χ1v) is 6.95. The van der Waals surface area contributed by atoms with Crippen LogP contribution >= 0.6 is 0 Å². The number of ketones is 1. The van der Waals surface area contributed by atoms with Crippen LogP contribution in [0, 0.1) is 0 Å². The number of nitrogens with one attached hydrogen (secondary N) is 2. The van der Waals surface area contributed by atoms with Gasteiger partial charge in [-0.3, -0.25) is 14.4 Å². The van der Waals surface area contributed by atoms with Crippen molar-refractivity contribution in [2.45, 2.75) is 51.8 Å². The zero-order valence-corrected chi connectivity index (χ0v) is 13.9. The van der Waals surface area contributed by atoms with Gasteiger partial charge in [-0.2, -0.15) is 0 Å². The Hall–Kier alpha value is -2.19. The van der Waals surface area contributed by atoms with Gasteiger partial charge < -0.3 is 20.1 Å². The predicted molar refractivity (Wildman–Crippen MR) is 78.4 cm³/mol. The second kappa shape index (κ2) is 9.06. The normalized spacial score (nSPS) is 13.5. The highest BCUT2D eigenvalue weighted by Gasteiger charge is 2.27. The minimum atomic E-state index is -1.36. The first-order valence-electron chi connectivity index (χ1n) is 6.95. The van der Waals surface area contributed by atoms with E-state index in [4.69, 9.17) is 4.74 Å². The molecule has 2 atom stereocenters. The van der Waals surface area contributed by atoms with Crippen LogP contribution in [0.2, 0.25) is 0 Å². The fourth-order valence-electron chi connectivity index (χ4n) is 1.44. The minimum absolute atomic E-state index is 0.496. The summed E-state index contributed by atoms with van der Waals surface area (Å²) in [7, 11) is 1.10. The first kappa shape index (κ1) is 20.8. The van der Waals surface area contributed by atoms with Gasteiger partial charge in [-0.1, -0.05) is 0 Å². The van der Waals surface area contributed by atoms with Crippen LogP contribution in [-0.2, 0) is 23.9 Å². The number of carbonyl (C=O) groups excluding carboxylic acids is 4. The SMILES string of the molecule is COC(=O)CC(NC(=O)C(C)NC(=O)OC(C)(C)C)C(=O)CF. The van der Waals surface area contributed by atoms with Crippen molar-refractivity contribution in [1.82, 2.24) is 10.6 Å². The largest absolute Gasteiger partial charge is 0.469 e. The average Bonchev–Trinajstić information content (AvgIpc) is 2.42. The molecule has 0 saturated carbocycles. The summed E-state index contributed by atoms with van der Waals surface area (Å²) in [6, 6.07) is -2.40. The van der Waals surface area contributed by atoms with Crippen LogP contribution in [0.5, 0.6) is 0 Å². The van der Waals surface area contributed by atoms with E-state index in [0.717, 1.165) is 7.11 Å². The smallest absolute Gasteiger partial charge is 0.408 e. The van der Waals surface area contributed by atoms with Gasteiger partial charge in [0.25, 0.3) is 0 Å². The molecule has 0 aliphatic rings. The lowest BCUT2D eigenvalue weighted by molar-refractivity contribution is -0.143. The zero-order chi connectivity index (χ0) is 18.2. The van der Waals surface area contributed by atoms with Crippen molar-refractivity contribution in [3.05, 3.63) is 0 Å². The van der Waals surface area contributed by atoms with Gasteiger partial charge in [0.15, 0.2) is 5.78 Å². The van der Waals surface area contributed by atoms with Crippen molar-refractivity contribution in [2.75, 3.05) is 13.8 Å². The van der Waals surface area contributed by atoms with Crippen LogP contribution in [0.1, 0.15) is 34.1 Å². The summed E-state index contributed by atoms with van der Waals surface area (Å²) in [5, 5.41) is 4.47. The molecule has 132 valence electrons. The maximum Gasteiger partial charge on any atom is 0.408 e. The molecule has 2 N–H and O–H groups in total. The third-order valence-electron chi connectivity index (χ3n) is 2.56. The van der Waals surface area contributed by atoms with Crippen LogP contribution in [-0.4, -0.2) is 55.2 Å². The van der Waals surface area contributed by atoms with Crippen LogP contribution in [0.4, 0.5) is 9.18 Å². The zero-order valence-electron chi connectivity index (χ0n) is 13.9. The Morgan fingerprint density at radius 3 is 2.13 bits per heavy atom. The molecule has 0 aromatic carbocycles. The molecule has 0 fully saturated rings. The maximum atomic E-state index is 12.5. The van der Waals surface area contributed by atoms with E-state index < -0.39 is 54.5 Å². The minimum Gasteiger partial charge on any atom is -0.469 e. The summed E-state index contributed by atoms with van der Waals surface area (Å²) in [6.07, 6.45) is -1.31. The molecule has 2 amide bonds. The number of hydrogen-bond donors (Lipinski definition) is 2. The molecule has 0 bridgehead atoms. The van der Waals surface area contributed by atoms with E-state index in [1.807, 2.05) is 0 Å². The molecule has 0 spiro atoms. The number of Topliss-reactive ketones (excluding diaryl/α,β-unsaturated/α-hetero) is 1. The third-order valence-corrected chi connectivity index (χ3v) is 2.56. The van der Waals surface area contributed by atoms with E-state index in [1.54, 1.807) is 20.8 Å². The Labute approximate surface area is 134 Å². The lowest BCUT2D eigenvalue weighted by Crippen LogP contribution is -2.51. The number of esters is 1. The Morgan fingerprint density at radius 1 is 1.13 bits per heavy atom. The van der Waals surface area contributed by atoms with Crippen molar-refractivity contribution in [3.8, 4) is 0 Å². The van der Waals surface area contributed by atoms with E-state index in [0.29, 0.717) is 0 Å². The number of alkyl carbamates (subject to hydrolysis) is 1. The molecule has 0 aromatic heterocycles. The van der Waals surface area contributed by atoms with E-state index in [2.05, 4.69) is 15.4 Å². The monoisotopic (exact) mass is 334 g/mol. The summed E-state index contributed by atoms with van der Waals surface area (Å²) >= 11 is 0. The van der Waals surface area contributed by atoms with E-state index in [-0.39, 0.29) is 0 Å². The summed E-state index contributed by atoms with van der Waals surface area (Å²) in [5.41, 5.74) is -0.738. The van der Waals surface area contributed by atoms with E-state index in [9.17, 15) is 23.6 Å². The van der Waals surface area contributed by atoms with E-state index >= 15 is 0 Å². The fraction of sp³-hybridized carbons (Fsp3) is 0.714. The number of hydrogen-bond acceptors (Lipinski definition) is 6. The number of carbonyl (C=O) groups is 4. The molecule has 23 heavy (non-hydrogen) atoms. The highest BCUT2D eigenvalue weighted by molar-refractivity contribution is 5.94. The van der Waals surface area contributed by atoms with Gasteiger partial charge in [0, 0.05) is 0 Å². The van der Waals surface area contributed by atoms with Gasteiger partial charge in [-0.25, -0.2) is 9.18 Å². The summed E-state index contributed by atoms with van der Waals surface area (Å²) in [6.45, 7) is 4.99. The topological polar surface area (TPSA) is 111 Å². The number of ether oxygens (including phenoxy) is 2. The lowest BCUT2D eigenvalue weighted by atomic mass is 10.1. The Kier molecular flexibility index (Phi) is 8.20. The molecule has 8 nitrogen and oxygen atoms in total. The van der Waals surface area contributed by atoms with Gasteiger partial charge in [0.1, 0.15) is 24.4 Å². The van der Waals surface area contributed by atoms with Crippen molar-refractivity contribution in [1.29, 1.82) is 0 Å². The van der Waals surface area contributed by atoms with Crippen LogP contribution in [0.3, 0.4) is 0 Å². The van der Waals surface area contributed by atoms with E-state index in [1.165, 1.54) is 6.92 Å². The van der Waals surface area contributed by atoms with Crippen LogP contribution in [0.25, 0.3) is 0 Å². The molecule has 0 saturated heterocycles. The highest BCUT2D eigenvalue weighted by Crippen LogP contribution is 2.07.